The molecule has 0 fully saturated rings. The van der Waals surface area contributed by atoms with Crippen LogP contribution >= 0.6 is 0 Å². The van der Waals surface area contributed by atoms with Crippen LogP contribution in [0.4, 0.5) is 0 Å². The third-order valence-electron chi connectivity index (χ3n) is 3.98. The van der Waals surface area contributed by atoms with Crippen molar-refractivity contribution in [3.05, 3.63) is 52.8 Å². The number of ketones is 1. The van der Waals surface area contributed by atoms with Crippen molar-refractivity contribution in [2.75, 3.05) is 0 Å². The lowest BCUT2D eigenvalue weighted by atomic mass is 9.93. The number of allylic oxidation sites excluding steroid dienone is 4. The molecule has 1 aliphatic heterocycles. The fourth-order valence-electron chi connectivity index (χ4n) is 2.64. The minimum atomic E-state index is 0.0349. The molecule has 2 nitrogen and oxygen atoms in total. The topological polar surface area (TPSA) is 26.3 Å². The number of hydrogen-bond acceptors (Lipinski definition) is 2. The highest BCUT2D eigenvalue weighted by molar-refractivity contribution is 6.12. The Morgan fingerprint density at radius 3 is 2.74 bits per heavy atom. The first kappa shape index (κ1) is 12.2. The second-order valence-electron chi connectivity index (χ2n) is 5.44. The Hall–Kier alpha value is -1.83. The molecule has 1 atom stereocenters. The van der Waals surface area contributed by atoms with Crippen LogP contribution in [-0.4, -0.2) is 5.78 Å². The van der Waals surface area contributed by atoms with Gasteiger partial charge in [-0.05, 0) is 68.4 Å². The molecule has 2 aliphatic rings. The molecule has 0 radical (unpaired) electrons. The maximum Gasteiger partial charge on any atom is 0.231 e. The lowest BCUT2D eigenvalue weighted by Crippen LogP contribution is -2.05. The van der Waals surface area contributed by atoms with E-state index in [1.807, 2.05) is 32.1 Å². The van der Waals surface area contributed by atoms with Gasteiger partial charge in [0, 0.05) is 0 Å². The highest BCUT2D eigenvalue weighted by atomic mass is 16.5. The summed E-state index contributed by atoms with van der Waals surface area (Å²) in [6, 6.07) is 3.90. The molecule has 0 saturated heterocycles. The number of fused-ring (bicyclic) bond motifs is 1. The molecule has 2 heteroatoms. The standard InChI is InChI=1S/C17H18O2/c1-11-8-14-15(9-12(11)2)19-16(17(14)18)10-13-6-4-3-5-7-13/h3-4,8-10,13H,5-7H2,1-2H3/b16-10-. The average Bonchev–Trinajstić information content (AvgIpc) is 2.69. The van der Waals surface area contributed by atoms with Crippen molar-refractivity contribution in [1.29, 1.82) is 0 Å². The summed E-state index contributed by atoms with van der Waals surface area (Å²) in [6.45, 7) is 4.06. The molecule has 1 heterocycles. The maximum absolute atomic E-state index is 12.3. The van der Waals surface area contributed by atoms with Gasteiger partial charge >= 0.3 is 0 Å². The maximum atomic E-state index is 12.3. The van der Waals surface area contributed by atoms with Gasteiger partial charge in [-0.2, -0.15) is 0 Å². The molecule has 98 valence electrons. The van der Waals surface area contributed by atoms with Crippen LogP contribution in [0, 0.1) is 19.8 Å². The molecule has 1 unspecified atom stereocenters. The van der Waals surface area contributed by atoms with Gasteiger partial charge in [-0.3, -0.25) is 4.79 Å². The first-order valence-corrected chi connectivity index (χ1v) is 6.86. The van der Waals surface area contributed by atoms with Crippen LogP contribution in [0.25, 0.3) is 0 Å². The van der Waals surface area contributed by atoms with E-state index in [2.05, 4.69) is 12.2 Å². The number of ether oxygens (including phenoxy) is 1. The summed E-state index contributed by atoms with van der Waals surface area (Å²) in [5.74, 6) is 1.69. The van der Waals surface area contributed by atoms with Crippen molar-refractivity contribution < 1.29 is 9.53 Å². The number of Topliss-reactive ketones (excluding diaryl/α,β-unsaturated/α-hetero) is 1. The molecule has 0 N–H and O–H groups in total. The molecule has 1 aliphatic carbocycles. The van der Waals surface area contributed by atoms with E-state index in [9.17, 15) is 4.79 Å². The number of aryl methyl sites for hydroxylation is 2. The van der Waals surface area contributed by atoms with E-state index in [0.29, 0.717) is 23.0 Å². The minimum Gasteiger partial charge on any atom is -0.453 e. The third kappa shape index (κ3) is 2.23. The van der Waals surface area contributed by atoms with Crippen LogP contribution in [0.1, 0.15) is 40.7 Å². The fourth-order valence-corrected chi connectivity index (χ4v) is 2.64. The Morgan fingerprint density at radius 1 is 1.21 bits per heavy atom. The summed E-state index contributed by atoms with van der Waals surface area (Å²) < 4.78 is 5.75. The largest absolute Gasteiger partial charge is 0.453 e. The Morgan fingerprint density at radius 2 is 2.00 bits per heavy atom. The van der Waals surface area contributed by atoms with Gasteiger partial charge in [0.15, 0.2) is 5.76 Å². The third-order valence-corrected chi connectivity index (χ3v) is 3.98. The van der Waals surface area contributed by atoms with Gasteiger partial charge in [-0.1, -0.05) is 12.2 Å². The zero-order valence-electron chi connectivity index (χ0n) is 11.4. The van der Waals surface area contributed by atoms with E-state index in [0.717, 1.165) is 30.4 Å². The van der Waals surface area contributed by atoms with Gasteiger partial charge in [0.05, 0.1) is 5.56 Å². The SMILES string of the molecule is Cc1cc2c(cc1C)C(=O)/C(=C/C1CC=CCC1)O2. The molecule has 1 aromatic carbocycles. The van der Waals surface area contributed by atoms with Crippen molar-refractivity contribution in [2.24, 2.45) is 5.92 Å². The van der Waals surface area contributed by atoms with Gasteiger partial charge < -0.3 is 4.74 Å². The number of carbonyl (C=O) groups excluding carboxylic acids is 1. The number of rotatable bonds is 1. The first-order chi connectivity index (χ1) is 9.15. The fraction of sp³-hybridized carbons (Fsp3) is 0.353. The van der Waals surface area contributed by atoms with Gasteiger partial charge in [0.25, 0.3) is 0 Å². The highest BCUT2D eigenvalue weighted by Crippen LogP contribution is 2.34. The normalized spacial score (nSPS) is 23.6. The van der Waals surface area contributed by atoms with Crippen LogP contribution in [0.3, 0.4) is 0 Å². The van der Waals surface area contributed by atoms with Crippen molar-refractivity contribution in [3.8, 4) is 5.75 Å². The van der Waals surface area contributed by atoms with Crippen LogP contribution in [0.15, 0.2) is 36.1 Å². The molecule has 3 rings (SSSR count). The Kier molecular flexibility index (Phi) is 3.02. The van der Waals surface area contributed by atoms with Gasteiger partial charge in [-0.25, -0.2) is 0 Å². The predicted molar refractivity (Wildman–Crippen MR) is 75.4 cm³/mol. The average molecular weight is 254 g/mol. The van der Waals surface area contributed by atoms with E-state index < -0.39 is 0 Å². The Labute approximate surface area is 113 Å². The molecule has 19 heavy (non-hydrogen) atoms. The van der Waals surface area contributed by atoms with Crippen molar-refractivity contribution in [3.63, 3.8) is 0 Å². The summed E-state index contributed by atoms with van der Waals surface area (Å²) in [4.78, 5) is 12.3. The number of benzene rings is 1. The van der Waals surface area contributed by atoms with E-state index in [1.165, 1.54) is 0 Å². The summed E-state index contributed by atoms with van der Waals surface area (Å²) in [5, 5.41) is 0. The summed E-state index contributed by atoms with van der Waals surface area (Å²) in [6.07, 6.45) is 9.60. The smallest absolute Gasteiger partial charge is 0.231 e. The van der Waals surface area contributed by atoms with Gasteiger partial charge in [0.2, 0.25) is 5.78 Å². The highest BCUT2D eigenvalue weighted by Gasteiger charge is 2.28. The van der Waals surface area contributed by atoms with E-state index >= 15 is 0 Å². The quantitative estimate of drug-likeness (QED) is 0.556. The monoisotopic (exact) mass is 254 g/mol. The van der Waals surface area contributed by atoms with E-state index in [1.54, 1.807) is 0 Å². The second kappa shape index (κ2) is 4.69. The minimum absolute atomic E-state index is 0.0349. The number of carbonyl (C=O) groups is 1. The molecule has 0 spiro atoms. The van der Waals surface area contributed by atoms with Gasteiger partial charge in [-0.15, -0.1) is 0 Å². The molecule has 1 aromatic rings. The zero-order chi connectivity index (χ0) is 13.4. The van der Waals surface area contributed by atoms with E-state index in [4.69, 9.17) is 4.74 Å². The molecule has 0 amide bonds. The first-order valence-electron chi connectivity index (χ1n) is 6.86. The van der Waals surface area contributed by atoms with Crippen LogP contribution in [-0.2, 0) is 0 Å². The molecular weight excluding hydrogens is 236 g/mol. The van der Waals surface area contributed by atoms with Crippen LogP contribution < -0.4 is 4.74 Å². The van der Waals surface area contributed by atoms with Crippen molar-refractivity contribution in [2.45, 2.75) is 33.1 Å². The summed E-state index contributed by atoms with van der Waals surface area (Å²) >= 11 is 0. The lowest BCUT2D eigenvalue weighted by Gasteiger charge is -2.13. The van der Waals surface area contributed by atoms with Crippen LogP contribution in [0.5, 0.6) is 5.75 Å². The Balaban J connectivity index is 1.90. The molecule has 0 bridgehead atoms. The summed E-state index contributed by atoms with van der Waals surface area (Å²) in [7, 11) is 0. The van der Waals surface area contributed by atoms with Crippen LogP contribution in [0.2, 0.25) is 0 Å². The molecule has 0 aromatic heterocycles. The van der Waals surface area contributed by atoms with E-state index in [-0.39, 0.29) is 5.78 Å². The van der Waals surface area contributed by atoms with Crippen molar-refractivity contribution in [1.82, 2.24) is 0 Å². The lowest BCUT2D eigenvalue weighted by molar-refractivity contribution is 0.101. The zero-order valence-corrected chi connectivity index (χ0v) is 11.4. The van der Waals surface area contributed by atoms with Crippen molar-refractivity contribution >= 4 is 5.78 Å². The second-order valence-corrected chi connectivity index (χ2v) is 5.44. The molecule has 0 saturated carbocycles. The Bertz CT molecular complexity index is 594. The summed E-state index contributed by atoms with van der Waals surface area (Å²) in [5.41, 5.74) is 3.01. The van der Waals surface area contributed by atoms with Gasteiger partial charge in [0.1, 0.15) is 5.75 Å². The predicted octanol–water partition coefficient (Wildman–Crippen LogP) is 4.12. The molecular formula is C17H18O2. The number of hydrogen-bond donors (Lipinski definition) is 0.